The molecule has 1 aliphatic rings. The molecule has 0 spiro atoms. The fraction of sp³-hybridized carbons (Fsp3) is 0.250. The molecule has 3 N–H and O–H groups in total. The van der Waals surface area contributed by atoms with Crippen LogP contribution in [0.5, 0.6) is 5.75 Å². The van der Waals surface area contributed by atoms with E-state index < -0.39 is 0 Å². The summed E-state index contributed by atoms with van der Waals surface area (Å²) >= 11 is 0. The van der Waals surface area contributed by atoms with E-state index in [1.165, 1.54) is 7.11 Å². The van der Waals surface area contributed by atoms with Crippen molar-refractivity contribution in [1.82, 2.24) is 29.9 Å². The molecule has 1 aliphatic heterocycles. The van der Waals surface area contributed by atoms with E-state index >= 15 is 0 Å². The minimum atomic E-state index is -0.314. The summed E-state index contributed by atoms with van der Waals surface area (Å²) in [6.07, 6.45) is 2.20. The number of hydrogen-bond acceptors (Lipinski definition) is 10. The van der Waals surface area contributed by atoms with Gasteiger partial charge in [0, 0.05) is 18.7 Å². The topological polar surface area (TPSA) is 152 Å². The molecule has 0 unspecified atom stereocenters. The van der Waals surface area contributed by atoms with Gasteiger partial charge in [-0.1, -0.05) is 17.3 Å². The largest absolute Gasteiger partial charge is 0.495 e. The van der Waals surface area contributed by atoms with Crippen molar-refractivity contribution < 1.29 is 9.84 Å². The number of rotatable bonds is 6. The summed E-state index contributed by atoms with van der Waals surface area (Å²) in [6, 6.07) is 14.9. The zero-order valence-electron chi connectivity index (χ0n) is 19.0. The zero-order valence-corrected chi connectivity index (χ0v) is 19.0. The third kappa shape index (κ3) is 4.60. The second-order valence-electron chi connectivity index (χ2n) is 8.17. The number of nitrogen functional groups attached to an aromatic ring is 1. The molecule has 4 heterocycles. The van der Waals surface area contributed by atoms with Crippen molar-refractivity contribution in [3.05, 3.63) is 59.9 Å². The Balaban J connectivity index is 1.41. The third-order valence-electron chi connectivity index (χ3n) is 5.76. The van der Waals surface area contributed by atoms with Crippen molar-refractivity contribution in [2.75, 3.05) is 30.8 Å². The smallest absolute Gasteiger partial charge is 0.221 e. The number of β-amino-alcohol motifs (C(OH)–C–C–N with tert-alkyl or cyclic N) is 1. The second-order valence-corrected chi connectivity index (χ2v) is 8.17. The standard InChI is InChI=1S/C24H23N9O2/c1-35-23-15(11-25)4-2-6-18(23)19-10-20(29-24(26)28-19)21-14-33(31-30-21)12-16-5-3-7-22(27-16)32-9-8-17(34)13-32/h2-7,10,14,17,34H,8-9,12-13H2,1H3,(H2,26,28,29)/t17-/m0/s1. The van der Waals surface area contributed by atoms with E-state index in [0.717, 1.165) is 24.5 Å². The van der Waals surface area contributed by atoms with Gasteiger partial charge in [-0.2, -0.15) is 5.26 Å². The minimum absolute atomic E-state index is 0.0682. The Morgan fingerprint density at radius 2 is 1.97 bits per heavy atom. The van der Waals surface area contributed by atoms with Crippen LogP contribution in [0.2, 0.25) is 0 Å². The Morgan fingerprint density at radius 1 is 1.14 bits per heavy atom. The normalized spacial score (nSPS) is 15.2. The summed E-state index contributed by atoms with van der Waals surface area (Å²) < 4.78 is 7.13. The third-order valence-corrected chi connectivity index (χ3v) is 5.76. The van der Waals surface area contributed by atoms with Gasteiger partial charge >= 0.3 is 0 Å². The average Bonchev–Trinajstić information content (AvgIpc) is 3.52. The molecule has 5 rings (SSSR count). The van der Waals surface area contributed by atoms with Crippen molar-refractivity contribution >= 4 is 11.8 Å². The SMILES string of the molecule is COc1c(C#N)cccc1-c1cc(-c2cn(Cc3cccc(N4CC[C@H](O)C4)n3)nn2)nc(N)n1. The van der Waals surface area contributed by atoms with E-state index in [-0.39, 0.29) is 12.1 Å². The van der Waals surface area contributed by atoms with Crippen molar-refractivity contribution in [3.8, 4) is 34.5 Å². The molecule has 0 aliphatic carbocycles. The monoisotopic (exact) mass is 469 g/mol. The van der Waals surface area contributed by atoms with E-state index in [1.807, 2.05) is 18.2 Å². The van der Waals surface area contributed by atoms with Crippen molar-refractivity contribution in [3.63, 3.8) is 0 Å². The molecule has 11 nitrogen and oxygen atoms in total. The molecule has 1 saturated heterocycles. The summed E-state index contributed by atoms with van der Waals surface area (Å²) in [5.41, 5.74) is 9.37. The van der Waals surface area contributed by atoms with Crippen LogP contribution in [0, 0.1) is 11.3 Å². The number of anilines is 2. The van der Waals surface area contributed by atoms with Gasteiger partial charge in [0.05, 0.1) is 48.6 Å². The molecule has 3 aromatic heterocycles. The van der Waals surface area contributed by atoms with Gasteiger partial charge in [0.15, 0.2) is 0 Å². The molecule has 4 aromatic rings. The maximum atomic E-state index is 9.81. The molecule has 1 aromatic carbocycles. The summed E-state index contributed by atoms with van der Waals surface area (Å²) in [5.74, 6) is 1.32. The fourth-order valence-corrected chi connectivity index (χ4v) is 4.12. The predicted octanol–water partition coefficient (Wildman–Crippen LogP) is 1.88. The van der Waals surface area contributed by atoms with Gasteiger partial charge in [0.25, 0.3) is 0 Å². The van der Waals surface area contributed by atoms with E-state index in [2.05, 4.69) is 31.2 Å². The molecular formula is C24H23N9O2. The first-order valence-electron chi connectivity index (χ1n) is 11.1. The minimum Gasteiger partial charge on any atom is -0.495 e. The molecular weight excluding hydrogens is 446 g/mol. The number of hydrogen-bond donors (Lipinski definition) is 2. The Hall–Kier alpha value is -4.56. The maximum absolute atomic E-state index is 9.81. The molecule has 1 fully saturated rings. The second kappa shape index (κ2) is 9.36. The summed E-state index contributed by atoms with van der Waals surface area (Å²) in [6.45, 7) is 1.79. The number of methoxy groups -OCH3 is 1. The first kappa shape index (κ1) is 22.2. The first-order valence-corrected chi connectivity index (χ1v) is 11.1. The van der Waals surface area contributed by atoms with E-state index in [0.29, 0.717) is 47.0 Å². The van der Waals surface area contributed by atoms with Crippen LogP contribution in [0.15, 0.2) is 48.7 Å². The highest BCUT2D eigenvalue weighted by molar-refractivity contribution is 5.74. The van der Waals surface area contributed by atoms with Crippen molar-refractivity contribution in [1.29, 1.82) is 5.26 Å². The summed E-state index contributed by atoms with van der Waals surface area (Å²) in [4.78, 5) is 15.4. The van der Waals surface area contributed by atoms with Crippen LogP contribution in [0.1, 0.15) is 17.7 Å². The number of para-hydroxylation sites is 1. The highest BCUT2D eigenvalue weighted by Crippen LogP contribution is 2.33. The molecule has 35 heavy (non-hydrogen) atoms. The molecule has 0 saturated carbocycles. The Bertz CT molecular complexity index is 1410. The first-order chi connectivity index (χ1) is 17.0. The van der Waals surface area contributed by atoms with Crippen LogP contribution in [0.3, 0.4) is 0 Å². The molecule has 0 bridgehead atoms. The highest BCUT2D eigenvalue weighted by atomic mass is 16.5. The van der Waals surface area contributed by atoms with Crippen LogP contribution < -0.4 is 15.4 Å². The van der Waals surface area contributed by atoms with Crippen LogP contribution in [-0.2, 0) is 6.54 Å². The van der Waals surface area contributed by atoms with Crippen molar-refractivity contribution in [2.45, 2.75) is 19.1 Å². The van der Waals surface area contributed by atoms with Gasteiger partial charge < -0.3 is 20.5 Å². The number of nitrogens with zero attached hydrogens (tertiary/aromatic N) is 8. The molecule has 176 valence electrons. The van der Waals surface area contributed by atoms with E-state index in [9.17, 15) is 10.4 Å². The van der Waals surface area contributed by atoms with Gasteiger partial charge in [-0.15, -0.1) is 5.10 Å². The van der Waals surface area contributed by atoms with E-state index in [1.54, 1.807) is 35.1 Å². The lowest BCUT2D eigenvalue weighted by Crippen LogP contribution is -2.22. The lowest BCUT2D eigenvalue weighted by Gasteiger charge is -2.17. The molecule has 1 atom stereocenters. The van der Waals surface area contributed by atoms with Crippen LogP contribution in [0.4, 0.5) is 11.8 Å². The highest BCUT2D eigenvalue weighted by Gasteiger charge is 2.21. The molecule has 0 amide bonds. The van der Waals surface area contributed by atoms with Gasteiger partial charge in [-0.25, -0.2) is 19.6 Å². The number of nitriles is 1. The average molecular weight is 470 g/mol. The van der Waals surface area contributed by atoms with Gasteiger partial charge in [0.2, 0.25) is 5.95 Å². The number of benzene rings is 1. The summed E-state index contributed by atoms with van der Waals surface area (Å²) in [7, 11) is 1.51. The molecule has 11 heteroatoms. The quantitative estimate of drug-likeness (QED) is 0.428. The lowest BCUT2D eigenvalue weighted by atomic mass is 10.1. The lowest BCUT2D eigenvalue weighted by molar-refractivity contribution is 0.198. The van der Waals surface area contributed by atoms with Crippen molar-refractivity contribution in [2.24, 2.45) is 0 Å². The van der Waals surface area contributed by atoms with Gasteiger partial charge in [-0.05, 0) is 36.8 Å². The maximum Gasteiger partial charge on any atom is 0.221 e. The number of pyridine rings is 1. The van der Waals surface area contributed by atoms with Crippen LogP contribution >= 0.6 is 0 Å². The Morgan fingerprint density at radius 3 is 2.74 bits per heavy atom. The van der Waals surface area contributed by atoms with Gasteiger partial charge in [0.1, 0.15) is 23.3 Å². The summed E-state index contributed by atoms with van der Waals surface area (Å²) in [5, 5.41) is 27.7. The van der Waals surface area contributed by atoms with Crippen LogP contribution in [0.25, 0.3) is 22.6 Å². The zero-order chi connectivity index (χ0) is 24.4. The van der Waals surface area contributed by atoms with Crippen LogP contribution in [-0.4, -0.2) is 61.4 Å². The Kier molecular flexibility index (Phi) is 5.95. The van der Waals surface area contributed by atoms with Gasteiger partial charge in [-0.3, -0.25) is 0 Å². The predicted molar refractivity (Wildman–Crippen MR) is 128 cm³/mol. The Labute approximate surface area is 201 Å². The number of nitrogens with two attached hydrogens (primary N) is 1. The number of aliphatic hydroxyl groups is 1. The molecule has 0 radical (unpaired) electrons. The fourth-order valence-electron chi connectivity index (χ4n) is 4.12. The number of aromatic nitrogens is 6. The number of ether oxygens (including phenoxy) is 1. The number of aliphatic hydroxyl groups excluding tert-OH is 1. The van der Waals surface area contributed by atoms with E-state index in [4.69, 9.17) is 15.5 Å².